The molecule has 1 aliphatic heterocycles. The zero-order chi connectivity index (χ0) is 41.7. The van der Waals surface area contributed by atoms with Crippen molar-refractivity contribution in [3.63, 3.8) is 0 Å². The van der Waals surface area contributed by atoms with Crippen LogP contribution in [0.4, 0.5) is 10.2 Å². The number of nitrogens with one attached hydrogen (secondary N) is 1. The molecule has 5 atom stereocenters. The van der Waals surface area contributed by atoms with Gasteiger partial charge in [-0.15, -0.1) is 6.42 Å². The van der Waals surface area contributed by atoms with Crippen molar-refractivity contribution in [3.05, 3.63) is 78.6 Å². The van der Waals surface area contributed by atoms with Gasteiger partial charge in [0.15, 0.2) is 22.6 Å². The normalized spacial score (nSPS) is 19.5. The number of terminal acetylenes is 1. The first-order chi connectivity index (χ1) is 28.0. The van der Waals surface area contributed by atoms with Crippen LogP contribution in [0.25, 0.3) is 11.2 Å². The predicted octanol–water partition coefficient (Wildman–Crippen LogP) is 7.88. The van der Waals surface area contributed by atoms with Crippen LogP contribution in [0.5, 0.6) is 5.75 Å². The molecule has 1 aliphatic rings. The van der Waals surface area contributed by atoms with E-state index in [4.69, 9.17) is 35.4 Å². The lowest BCUT2D eigenvalue weighted by molar-refractivity contribution is -0.163. The minimum Gasteiger partial charge on any atom is -0.461 e. The number of carbonyl (C=O) groups excluding carboxylic acids is 2. The number of nitrogens with two attached hydrogens (primary N) is 1. The van der Waals surface area contributed by atoms with Crippen LogP contribution in [-0.2, 0) is 39.3 Å². The summed E-state index contributed by atoms with van der Waals surface area (Å²) >= 11 is 0. The number of halogens is 1. The number of nitrogen functional groups attached to an aromatic ring is 1. The lowest BCUT2D eigenvalue weighted by atomic mass is 9.96. The summed E-state index contributed by atoms with van der Waals surface area (Å²) in [5.74, 6) is 1.09. The number of rotatable bonds is 22. The largest absolute Gasteiger partial charge is 0.461 e. The van der Waals surface area contributed by atoms with Crippen LogP contribution in [0.3, 0.4) is 0 Å². The second kappa shape index (κ2) is 20.7. The minimum atomic E-state index is -4.58. The summed E-state index contributed by atoms with van der Waals surface area (Å²) in [6, 6.07) is 16.3. The fraction of sp³-hybridized carbons (Fsp3) is 0.500. The molecule has 16 heteroatoms. The molecule has 58 heavy (non-hydrogen) atoms. The van der Waals surface area contributed by atoms with Crippen molar-refractivity contribution in [1.82, 2.24) is 24.6 Å². The van der Waals surface area contributed by atoms with Crippen molar-refractivity contribution in [3.8, 4) is 18.1 Å². The van der Waals surface area contributed by atoms with E-state index in [0.717, 1.165) is 31.2 Å². The fourth-order valence-electron chi connectivity index (χ4n) is 7.05. The van der Waals surface area contributed by atoms with Gasteiger partial charge in [0.1, 0.15) is 36.8 Å². The Bertz CT molecular complexity index is 2040. The van der Waals surface area contributed by atoms with Crippen molar-refractivity contribution in [1.29, 1.82) is 0 Å². The molecular weight excluding hydrogens is 766 g/mol. The van der Waals surface area contributed by atoms with Gasteiger partial charge in [0.25, 0.3) is 0 Å². The highest BCUT2D eigenvalue weighted by Crippen LogP contribution is 2.49. The van der Waals surface area contributed by atoms with Crippen LogP contribution in [0.1, 0.15) is 97.3 Å². The Labute approximate surface area is 339 Å². The first-order valence-corrected chi connectivity index (χ1v) is 21.5. The predicted molar refractivity (Wildman–Crippen MR) is 217 cm³/mol. The van der Waals surface area contributed by atoms with E-state index in [1.54, 1.807) is 30.3 Å². The summed E-state index contributed by atoms with van der Waals surface area (Å²) in [6.45, 7) is 7.34. The van der Waals surface area contributed by atoms with Crippen LogP contribution >= 0.6 is 7.75 Å². The minimum absolute atomic E-state index is 0.0233. The Morgan fingerprint density at radius 3 is 2.26 bits per heavy atom. The molecule has 3 N–H and O–H groups in total. The molecule has 0 amide bonds. The quantitative estimate of drug-likeness (QED) is 0.0339. The van der Waals surface area contributed by atoms with E-state index in [1.165, 1.54) is 10.9 Å². The highest BCUT2D eigenvalue weighted by Gasteiger charge is 2.53. The molecule has 3 heterocycles. The summed E-state index contributed by atoms with van der Waals surface area (Å²) in [5, 5.41) is 2.88. The number of esters is 2. The maximum atomic E-state index is 15.1. The molecule has 5 rings (SSSR count). The fourth-order valence-corrected chi connectivity index (χ4v) is 8.57. The highest BCUT2D eigenvalue weighted by atomic mass is 31.2. The number of fused-ring (bicyclic) bond motifs is 1. The number of ether oxygens (including phenoxy) is 3. The molecule has 2 aromatic carbocycles. The molecule has 1 fully saturated rings. The number of hydrogen-bond donors (Lipinski definition) is 2. The maximum Gasteiger partial charge on any atom is 0.459 e. The van der Waals surface area contributed by atoms with Gasteiger partial charge < -0.3 is 24.5 Å². The summed E-state index contributed by atoms with van der Waals surface area (Å²) in [7, 11) is -4.58. The van der Waals surface area contributed by atoms with E-state index in [2.05, 4.69) is 26.0 Å². The molecule has 2 aromatic heterocycles. The summed E-state index contributed by atoms with van der Waals surface area (Å²) in [6.07, 6.45) is 9.61. The van der Waals surface area contributed by atoms with E-state index >= 15 is 4.57 Å². The number of carbonyl (C=O) groups is 2. The molecule has 0 bridgehead atoms. The standard InChI is InChI=1S/C42H54FN6O8P/c1-6-17-30(18-7-2)39(50)55-34-26-35(49-28-45-36-37(44)46-41(43)47-38(36)49)56-42(34,10-5)27-53-58(52,57-32-23-15-12-16-24-32)48-33(25-29-21-13-11-14-22-29)40(51)54-31(19-8-3)20-9-4/h5,11-16,21-24,28,30-31,33-35H,6-9,17-20,25-27H2,1-4H3,(H,48,52)(H2,44,46,47)/t33-,34-,35+,42+,58-/m0/s1. The topological polar surface area (TPSA) is 179 Å². The number of nitrogens with zero attached hydrogens (tertiary/aromatic N) is 4. The summed E-state index contributed by atoms with van der Waals surface area (Å²) in [5.41, 5.74) is 4.98. The average Bonchev–Trinajstić information content (AvgIpc) is 3.79. The smallest absolute Gasteiger partial charge is 0.459 e. The number of anilines is 1. The van der Waals surface area contributed by atoms with Gasteiger partial charge in [-0.1, -0.05) is 108 Å². The van der Waals surface area contributed by atoms with E-state index in [0.29, 0.717) is 25.7 Å². The Balaban J connectivity index is 1.52. The summed E-state index contributed by atoms with van der Waals surface area (Å²) < 4.78 is 61.9. The van der Waals surface area contributed by atoms with Gasteiger partial charge in [0, 0.05) is 6.42 Å². The van der Waals surface area contributed by atoms with E-state index < -0.39 is 62.3 Å². The van der Waals surface area contributed by atoms with Gasteiger partial charge in [0.2, 0.25) is 0 Å². The molecule has 0 saturated carbocycles. The zero-order valence-electron chi connectivity index (χ0n) is 33.6. The van der Waals surface area contributed by atoms with E-state index in [9.17, 15) is 14.0 Å². The number of aromatic nitrogens is 4. The Hall–Kier alpha value is -4.87. The number of benzene rings is 2. The van der Waals surface area contributed by atoms with Crippen LogP contribution in [-0.4, -0.2) is 61.9 Å². The maximum absolute atomic E-state index is 15.1. The van der Waals surface area contributed by atoms with Gasteiger partial charge in [-0.05, 0) is 49.8 Å². The molecular formula is C42H54FN6O8P. The molecule has 312 valence electrons. The Morgan fingerprint density at radius 1 is 1.00 bits per heavy atom. The second-order valence-corrected chi connectivity index (χ2v) is 16.1. The molecule has 0 unspecified atom stereocenters. The highest BCUT2D eigenvalue weighted by molar-refractivity contribution is 7.52. The SMILES string of the molecule is C#C[C@]1(CO[P@@](=O)(N[C@@H](Cc2ccccc2)C(=O)OC(CCC)CCC)Oc2ccccc2)O[C@@H](n2cnc3c(N)nc(F)nc32)C[C@@H]1OC(=O)C(CCC)CCC. The molecule has 0 aliphatic carbocycles. The van der Waals surface area contributed by atoms with Crippen LogP contribution in [0, 0.1) is 24.3 Å². The molecule has 14 nitrogen and oxygen atoms in total. The van der Waals surface area contributed by atoms with Gasteiger partial charge in [0.05, 0.1) is 12.2 Å². The van der Waals surface area contributed by atoms with Crippen molar-refractivity contribution in [2.45, 2.75) is 122 Å². The van der Waals surface area contributed by atoms with Crippen molar-refractivity contribution in [2.75, 3.05) is 12.3 Å². The first-order valence-electron chi connectivity index (χ1n) is 20.0. The van der Waals surface area contributed by atoms with Crippen LogP contribution < -0.4 is 15.3 Å². The number of para-hydroxylation sites is 1. The van der Waals surface area contributed by atoms with Gasteiger partial charge in [-0.3, -0.25) is 18.7 Å². The monoisotopic (exact) mass is 820 g/mol. The van der Waals surface area contributed by atoms with Gasteiger partial charge in [-0.25, -0.2) is 9.55 Å². The third-order valence-corrected chi connectivity index (χ3v) is 11.5. The molecule has 0 spiro atoms. The molecule has 4 aromatic rings. The first kappa shape index (κ1) is 44.2. The van der Waals surface area contributed by atoms with Crippen molar-refractivity contribution in [2.24, 2.45) is 5.92 Å². The zero-order valence-corrected chi connectivity index (χ0v) is 34.4. The third kappa shape index (κ3) is 11.2. The number of imidazole rings is 1. The lowest BCUT2D eigenvalue weighted by Gasteiger charge is -2.32. The van der Waals surface area contributed by atoms with Crippen molar-refractivity contribution < 1.29 is 41.8 Å². The number of hydrogen-bond acceptors (Lipinski definition) is 12. The van der Waals surface area contributed by atoms with Crippen molar-refractivity contribution >= 4 is 36.7 Å². The van der Waals surface area contributed by atoms with Gasteiger partial charge in [-0.2, -0.15) is 19.4 Å². The second-order valence-electron chi connectivity index (χ2n) is 14.4. The van der Waals surface area contributed by atoms with Crippen LogP contribution in [0.2, 0.25) is 0 Å². The van der Waals surface area contributed by atoms with Crippen LogP contribution in [0.15, 0.2) is 67.0 Å². The van der Waals surface area contributed by atoms with E-state index in [-0.39, 0.29) is 41.7 Å². The summed E-state index contributed by atoms with van der Waals surface area (Å²) in [4.78, 5) is 39.5. The van der Waals surface area contributed by atoms with Gasteiger partial charge >= 0.3 is 25.8 Å². The molecule has 1 saturated heterocycles. The Kier molecular flexibility index (Phi) is 15.8. The lowest BCUT2D eigenvalue weighted by Crippen LogP contribution is -2.47. The van der Waals surface area contributed by atoms with E-state index in [1.807, 2.05) is 58.0 Å². The third-order valence-electron chi connectivity index (χ3n) is 9.93. The molecule has 0 radical (unpaired) electrons. The Morgan fingerprint density at radius 2 is 1.64 bits per heavy atom. The average molecular weight is 821 g/mol.